The molecule has 0 radical (unpaired) electrons. The van der Waals surface area contributed by atoms with Crippen LogP contribution in [-0.2, 0) is 16.1 Å². The van der Waals surface area contributed by atoms with Crippen molar-refractivity contribution in [2.24, 2.45) is 0 Å². The van der Waals surface area contributed by atoms with Crippen LogP contribution in [0.25, 0.3) is 0 Å². The van der Waals surface area contributed by atoms with E-state index in [1.165, 1.54) is 11.1 Å². The van der Waals surface area contributed by atoms with Crippen LogP contribution < -0.4 is 0 Å². The van der Waals surface area contributed by atoms with Gasteiger partial charge in [-0.3, -0.25) is 0 Å². The van der Waals surface area contributed by atoms with Crippen molar-refractivity contribution in [2.45, 2.75) is 46.3 Å². The van der Waals surface area contributed by atoms with Gasteiger partial charge in [0.25, 0.3) is 0 Å². The van der Waals surface area contributed by atoms with Crippen LogP contribution in [0.2, 0.25) is 0 Å². The maximum Gasteiger partial charge on any atom is 0.0718 e. The molecule has 0 aliphatic rings. The maximum absolute atomic E-state index is 5.55. The monoisotopic (exact) mass is 236 g/mol. The minimum atomic E-state index is 0.281. The minimum Gasteiger partial charge on any atom is -0.376 e. The van der Waals surface area contributed by atoms with Crippen LogP contribution in [0.15, 0.2) is 24.3 Å². The predicted octanol–water partition coefficient (Wildman–Crippen LogP) is 3.75. The topological polar surface area (TPSA) is 18.5 Å². The van der Waals surface area contributed by atoms with Gasteiger partial charge in [0, 0.05) is 0 Å². The molecule has 0 aliphatic heterocycles. The summed E-state index contributed by atoms with van der Waals surface area (Å²) in [5.41, 5.74) is 2.59. The Kier molecular flexibility index (Phi) is 6.23. The largest absolute Gasteiger partial charge is 0.376 e. The first-order chi connectivity index (χ1) is 8.09. The molecule has 0 fully saturated rings. The number of hydrogen-bond donors (Lipinski definition) is 0. The summed E-state index contributed by atoms with van der Waals surface area (Å²) < 4.78 is 11.0. The lowest BCUT2D eigenvalue weighted by atomic mass is 10.0. The van der Waals surface area contributed by atoms with E-state index in [-0.39, 0.29) is 6.10 Å². The molecule has 17 heavy (non-hydrogen) atoms. The molecule has 0 atom stereocenters. The van der Waals surface area contributed by atoms with Crippen LogP contribution in [-0.4, -0.2) is 19.3 Å². The molecule has 0 N–H and O–H groups in total. The zero-order valence-corrected chi connectivity index (χ0v) is 11.4. The fourth-order valence-corrected chi connectivity index (χ4v) is 1.53. The Hall–Kier alpha value is -0.860. The smallest absolute Gasteiger partial charge is 0.0718 e. The Morgan fingerprint density at radius 1 is 0.941 bits per heavy atom. The third-order valence-corrected chi connectivity index (χ3v) is 2.59. The molecule has 2 heteroatoms. The second-order valence-corrected chi connectivity index (χ2v) is 4.87. The number of hydrogen-bond acceptors (Lipinski definition) is 2. The van der Waals surface area contributed by atoms with Crippen molar-refractivity contribution in [3.8, 4) is 0 Å². The average Bonchev–Trinajstić information content (AvgIpc) is 2.29. The molecule has 0 spiro atoms. The summed E-state index contributed by atoms with van der Waals surface area (Å²) in [5, 5.41) is 0. The van der Waals surface area contributed by atoms with Gasteiger partial charge in [-0.1, -0.05) is 38.1 Å². The fraction of sp³-hybridized carbons (Fsp3) is 0.600. The second-order valence-electron chi connectivity index (χ2n) is 4.87. The molecule has 0 aliphatic carbocycles. The molecule has 1 rings (SSSR count). The van der Waals surface area contributed by atoms with E-state index in [1.807, 2.05) is 13.8 Å². The van der Waals surface area contributed by atoms with Gasteiger partial charge in [0.05, 0.1) is 25.9 Å². The van der Waals surface area contributed by atoms with Crippen LogP contribution in [0.5, 0.6) is 0 Å². The first-order valence-corrected chi connectivity index (χ1v) is 6.37. The lowest BCUT2D eigenvalue weighted by Crippen LogP contribution is -2.09. The fourth-order valence-electron chi connectivity index (χ4n) is 1.53. The number of ether oxygens (including phenoxy) is 2. The highest BCUT2D eigenvalue weighted by molar-refractivity contribution is 5.24. The summed E-state index contributed by atoms with van der Waals surface area (Å²) in [6, 6.07) is 8.62. The molecule has 1 aromatic carbocycles. The van der Waals surface area contributed by atoms with Crippen molar-refractivity contribution >= 4 is 0 Å². The zero-order valence-electron chi connectivity index (χ0n) is 11.4. The van der Waals surface area contributed by atoms with E-state index in [1.54, 1.807) is 0 Å². The van der Waals surface area contributed by atoms with Crippen LogP contribution in [0, 0.1) is 0 Å². The summed E-state index contributed by atoms with van der Waals surface area (Å²) in [5.74, 6) is 0.587. The highest BCUT2D eigenvalue weighted by Gasteiger charge is 1.99. The average molecular weight is 236 g/mol. The van der Waals surface area contributed by atoms with Gasteiger partial charge < -0.3 is 9.47 Å². The van der Waals surface area contributed by atoms with Gasteiger partial charge in [0.2, 0.25) is 0 Å². The summed E-state index contributed by atoms with van der Waals surface area (Å²) in [4.78, 5) is 0. The maximum atomic E-state index is 5.55. The highest BCUT2D eigenvalue weighted by Crippen LogP contribution is 2.14. The van der Waals surface area contributed by atoms with Gasteiger partial charge in [0.1, 0.15) is 0 Å². The SMILES string of the molecule is CC(C)OCCOCc1ccc(C(C)C)cc1. The van der Waals surface area contributed by atoms with Crippen molar-refractivity contribution < 1.29 is 9.47 Å². The molecule has 0 saturated carbocycles. The Morgan fingerprint density at radius 2 is 1.59 bits per heavy atom. The van der Waals surface area contributed by atoms with Gasteiger partial charge in [-0.05, 0) is 30.9 Å². The third-order valence-electron chi connectivity index (χ3n) is 2.59. The number of rotatable bonds is 7. The third kappa shape index (κ3) is 5.85. The molecule has 0 unspecified atom stereocenters. The highest BCUT2D eigenvalue weighted by atomic mass is 16.5. The quantitative estimate of drug-likeness (QED) is 0.671. The van der Waals surface area contributed by atoms with Gasteiger partial charge >= 0.3 is 0 Å². The molecular weight excluding hydrogens is 212 g/mol. The first-order valence-electron chi connectivity index (χ1n) is 6.37. The first kappa shape index (κ1) is 14.2. The molecule has 1 aromatic rings. The van der Waals surface area contributed by atoms with Crippen molar-refractivity contribution in [3.05, 3.63) is 35.4 Å². The van der Waals surface area contributed by atoms with Crippen LogP contribution in [0.1, 0.15) is 44.7 Å². The molecule has 0 amide bonds. The second kappa shape index (κ2) is 7.46. The van der Waals surface area contributed by atoms with E-state index in [2.05, 4.69) is 38.1 Å². The Bertz CT molecular complexity index is 301. The van der Waals surface area contributed by atoms with Crippen LogP contribution >= 0.6 is 0 Å². The van der Waals surface area contributed by atoms with Crippen LogP contribution in [0.3, 0.4) is 0 Å². The predicted molar refractivity (Wildman–Crippen MR) is 71.3 cm³/mol. The van der Waals surface area contributed by atoms with E-state index >= 15 is 0 Å². The molecule has 0 saturated heterocycles. The normalized spacial score (nSPS) is 11.4. The van der Waals surface area contributed by atoms with Crippen molar-refractivity contribution in [3.63, 3.8) is 0 Å². The van der Waals surface area contributed by atoms with Crippen molar-refractivity contribution in [1.29, 1.82) is 0 Å². The van der Waals surface area contributed by atoms with Gasteiger partial charge in [-0.15, -0.1) is 0 Å². The zero-order chi connectivity index (χ0) is 12.7. The standard InChI is InChI=1S/C15H24O2/c1-12(2)15-7-5-14(6-8-15)11-16-9-10-17-13(3)4/h5-8,12-13H,9-11H2,1-4H3. The van der Waals surface area contributed by atoms with E-state index in [9.17, 15) is 0 Å². The van der Waals surface area contributed by atoms with Crippen molar-refractivity contribution in [2.75, 3.05) is 13.2 Å². The van der Waals surface area contributed by atoms with E-state index < -0.39 is 0 Å². The summed E-state index contributed by atoms with van der Waals surface area (Å²) in [6.07, 6.45) is 0.281. The van der Waals surface area contributed by atoms with Crippen LogP contribution in [0.4, 0.5) is 0 Å². The van der Waals surface area contributed by atoms with Gasteiger partial charge in [-0.2, -0.15) is 0 Å². The Labute approximate surface area is 105 Å². The molecule has 2 nitrogen and oxygen atoms in total. The molecule has 96 valence electrons. The van der Waals surface area contributed by atoms with E-state index in [4.69, 9.17) is 9.47 Å². The minimum absolute atomic E-state index is 0.281. The molecule has 0 bridgehead atoms. The summed E-state index contributed by atoms with van der Waals surface area (Å²) in [7, 11) is 0. The lowest BCUT2D eigenvalue weighted by Gasteiger charge is -2.09. The van der Waals surface area contributed by atoms with E-state index in [0.717, 1.165) is 0 Å². The van der Waals surface area contributed by atoms with Gasteiger partial charge in [-0.25, -0.2) is 0 Å². The van der Waals surface area contributed by atoms with Gasteiger partial charge in [0.15, 0.2) is 0 Å². The Morgan fingerprint density at radius 3 is 2.12 bits per heavy atom. The number of benzene rings is 1. The summed E-state index contributed by atoms with van der Waals surface area (Å²) in [6.45, 7) is 10.5. The van der Waals surface area contributed by atoms with E-state index in [0.29, 0.717) is 25.7 Å². The molecular formula is C15H24O2. The Balaban J connectivity index is 2.23. The summed E-state index contributed by atoms with van der Waals surface area (Å²) >= 11 is 0. The van der Waals surface area contributed by atoms with Crippen molar-refractivity contribution in [1.82, 2.24) is 0 Å². The molecule has 0 heterocycles. The molecule has 0 aromatic heterocycles. The lowest BCUT2D eigenvalue weighted by molar-refractivity contribution is 0.0143.